The predicted molar refractivity (Wildman–Crippen MR) is 80.9 cm³/mol. The van der Waals surface area contributed by atoms with E-state index in [2.05, 4.69) is 20.8 Å². The average molecular weight is 254 g/mol. The van der Waals surface area contributed by atoms with Crippen molar-refractivity contribution in [2.45, 2.75) is 91.4 Å². The van der Waals surface area contributed by atoms with Gasteiger partial charge < -0.3 is 4.79 Å². The molecule has 0 amide bonds. The molecule has 0 N–H and O–H groups in total. The van der Waals surface area contributed by atoms with E-state index >= 15 is 0 Å². The zero-order chi connectivity index (χ0) is 13.6. The number of carbonyl (C=O) groups is 1. The molecule has 0 aromatic heterocycles. The highest BCUT2D eigenvalue weighted by molar-refractivity contribution is 5.48. The first-order valence-corrected chi connectivity index (χ1v) is 8.16. The van der Waals surface area contributed by atoms with Crippen LogP contribution in [0.15, 0.2) is 0 Å². The fraction of sp³-hybridized carbons (Fsp3) is 0.941. The Morgan fingerprint density at radius 1 is 0.833 bits per heavy atom. The van der Waals surface area contributed by atoms with E-state index in [0.29, 0.717) is 0 Å². The summed E-state index contributed by atoms with van der Waals surface area (Å²) in [7, 11) is 0. The summed E-state index contributed by atoms with van der Waals surface area (Å²) in [6.07, 6.45) is 15.3. The highest BCUT2D eigenvalue weighted by Gasteiger charge is 2.12. The minimum absolute atomic E-state index is 0.750. The monoisotopic (exact) mass is 254 g/mol. The third-order valence-corrected chi connectivity index (χ3v) is 4.02. The molecule has 0 saturated carbocycles. The van der Waals surface area contributed by atoms with E-state index in [4.69, 9.17) is 0 Å². The predicted octanol–water partition coefficient (Wildman–Crippen LogP) is 5.77. The van der Waals surface area contributed by atoms with Crippen molar-refractivity contribution in [3.05, 3.63) is 0 Å². The summed E-state index contributed by atoms with van der Waals surface area (Å²) in [4.78, 5) is 10.3. The quantitative estimate of drug-likeness (QED) is 0.301. The second kappa shape index (κ2) is 13.1. The van der Waals surface area contributed by atoms with Crippen LogP contribution in [-0.2, 0) is 4.79 Å². The van der Waals surface area contributed by atoms with Crippen LogP contribution < -0.4 is 0 Å². The van der Waals surface area contributed by atoms with Gasteiger partial charge in [0, 0.05) is 6.42 Å². The molecule has 0 bridgehead atoms. The molecule has 0 aromatic rings. The van der Waals surface area contributed by atoms with Crippen LogP contribution in [-0.4, -0.2) is 6.29 Å². The molecular formula is C17H34O. The van der Waals surface area contributed by atoms with Crippen molar-refractivity contribution >= 4 is 6.29 Å². The van der Waals surface area contributed by atoms with Crippen LogP contribution in [0.4, 0.5) is 0 Å². The van der Waals surface area contributed by atoms with E-state index in [1.807, 2.05) is 0 Å². The number of hydrogen-bond donors (Lipinski definition) is 0. The summed E-state index contributed by atoms with van der Waals surface area (Å²) in [5.74, 6) is 1.61. The molecule has 0 radical (unpaired) electrons. The van der Waals surface area contributed by atoms with E-state index in [-0.39, 0.29) is 0 Å². The third-order valence-electron chi connectivity index (χ3n) is 4.02. The molecule has 108 valence electrons. The van der Waals surface area contributed by atoms with Gasteiger partial charge in [0.15, 0.2) is 0 Å². The number of carbonyl (C=O) groups excluding carboxylic acids is 1. The minimum atomic E-state index is 0.750. The molecule has 1 atom stereocenters. The van der Waals surface area contributed by atoms with E-state index in [9.17, 15) is 4.79 Å². The van der Waals surface area contributed by atoms with Crippen molar-refractivity contribution in [2.24, 2.45) is 11.8 Å². The van der Waals surface area contributed by atoms with E-state index in [1.165, 1.54) is 57.8 Å². The minimum Gasteiger partial charge on any atom is -0.303 e. The molecular weight excluding hydrogens is 220 g/mol. The fourth-order valence-corrected chi connectivity index (χ4v) is 2.64. The highest BCUT2D eigenvalue weighted by atomic mass is 16.1. The van der Waals surface area contributed by atoms with E-state index < -0.39 is 0 Å². The summed E-state index contributed by atoms with van der Waals surface area (Å²) in [5.41, 5.74) is 0. The smallest absolute Gasteiger partial charge is 0.119 e. The first kappa shape index (κ1) is 17.7. The molecule has 0 aliphatic carbocycles. The molecule has 0 saturated heterocycles. The van der Waals surface area contributed by atoms with Gasteiger partial charge in [-0.2, -0.15) is 0 Å². The second-order valence-electron chi connectivity index (χ2n) is 6.01. The van der Waals surface area contributed by atoms with Gasteiger partial charge in [0.25, 0.3) is 0 Å². The second-order valence-corrected chi connectivity index (χ2v) is 6.01. The van der Waals surface area contributed by atoms with Crippen molar-refractivity contribution in [1.82, 2.24) is 0 Å². The van der Waals surface area contributed by atoms with Gasteiger partial charge in [-0.05, 0) is 24.7 Å². The molecule has 0 fully saturated rings. The molecule has 0 rings (SSSR count). The Balaban J connectivity index is 3.48. The van der Waals surface area contributed by atoms with Gasteiger partial charge in [0.2, 0.25) is 0 Å². The maximum Gasteiger partial charge on any atom is 0.119 e. The van der Waals surface area contributed by atoms with E-state index in [0.717, 1.165) is 31.0 Å². The Kier molecular flexibility index (Phi) is 12.9. The van der Waals surface area contributed by atoms with Crippen LogP contribution in [0, 0.1) is 11.8 Å². The average Bonchev–Trinajstić information content (AvgIpc) is 2.35. The SMILES string of the molecule is CCCCCCCCCC(CCCC=O)C(C)C. The number of unbranched alkanes of at least 4 members (excludes halogenated alkanes) is 7. The maximum atomic E-state index is 10.3. The Bertz CT molecular complexity index is 174. The van der Waals surface area contributed by atoms with Gasteiger partial charge in [0.05, 0.1) is 0 Å². The van der Waals surface area contributed by atoms with Crippen LogP contribution in [0.5, 0.6) is 0 Å². The Labute approximate surface area is 115 Å². The van der Waals surface area contributed by atoms with Crippen LogP contribution >= 0.6 is 0 Å². The van der Waals surface area contributed by atoms with Gasteiger partial charge in [-0.3, -0.25) is 0 Å². The van der Waals surface area contributed by atoms with Crippen molar-refractivity contribution < 1.29 is 4.79 Å². The summed E-state index contributed by atoms with van der Waals surface area (Å²) >= 11 is 0. The molecule has 0 heterocycles. The molecule has 0 aliphatic heterocycles. The highest BCUT2D eigenvalue weighted by Crippen LogP contribution is 2.24. The largest absolute Gasteiger partial charge is 0.303 e. The zero-order valence-electron chi connectivity index (χ0n) is 12.9. The first-order chi connectivity index (χ1) is 8.72. The van der Waals surface area contributed by atoms with Crippen molar-refractivity contribution in [1.29, 1.82) is 0 Å². The fourth-order valence-electron chi connectivity index (χ4n) is 2.64. The Morgan fingerprint density at radius 3 is 1.94 bits per heavy atom. The summed E-state index contributed by atoms with van der Waals surface area (Å²) in [6.45, 7) is 6.92. The Hall–Kier alpha value is -0.330. The lowest BCUT2D eigenvalue weighted by molar-refractivity contribution is -0.108. The van der Waals surface area contributed by atoms with Crippen LogP contribution in [0.3, 0.4) is 0 Å². The van der Waals surface area contributed by atoms with Crippen LogP contribution in [0.25, 0.3) is 0 Å². The van der Waals surface area contributed by atoms with Gasteiger partial charge in [-0.1, -0.05) is 72.1 Å². The zero-order valence-corrected chi connectivity index (χ0v) is 12.9. The normalized spacial score (nSPS) is 12.9. The Morgan fingerprint density at radius 2 is 1.39 bits per heavy atom. The number of aldehydes is 1. The molecule has 0 spiro atoms. The number of hydrogen-bond acceptors (Lipinski definition) is 1. The molecule has 18 heavy (non-hydrogen) atoms. The molecule has 0 aromatic carbocycles. The van der Waals surface area contributed by atoms with E-state index in [1.54, 1.807) is 0 Å². The van der Waals surface area contributed by atoms with Gasteiger partial charge in [-0.25, -0.2) is 0 Å². The molecule has 1 heteroatoms. The van der Waals surface area contributed by atoms with Crippen LogP contribution in [0.2, 0.25) is 0 Å². The maximum absolute atomic E-state index is 10.3. The van der Waals surface area contributed by atoms with Gasteiger partial charge in [0.1, 0.15) is 6.29 Å². The lowest BCUT2D eigenvalue weighted by Crippen LogP contribution is -2.08. The molecule has 0 aliphatic rings. The van der Waals surface area contributed by atoms with Crippen molar-refractivity contribution in [3.63, 3.8) is 0 Å². The molecule has 1 nitrogen and oxygen atoms in total. The standard InChI is InChI=1S/C17H34O/c1-4-5-6-7-8-9-10-13-17(16(2)3)14-11-12-15-18/h15-17H,4-14H2,1-3H3. The van der Waals surface area contributed by atoms with Gasteiger partial charge in [-0.15, -0.1) is 0 Å². The van der Waals surface area contributed by atoms with Crippen molar-refractivity contribution in [3.8, 4) is 0 Å². The first-order valence-electron chi connectivity index (χ1n) is 8.16. The lowest BCUT2D eigenvalue weighted by Gasteiger charge is -2.20. The lowest BCUT2D eigenvalue weighted by atomic mass is 9.86. The summed E-state index contributed by atoms with van der Waals surface area (Å²) in [5, 5.41) is 0. The van der Waals surface area contributed by atoms with Gasteiger partial charge >= 0.3 is 0 Å². The summed E-state index contributed by atoms with van der Waals surface area (Å²) in [6, 6.07) is 0. The third kappa shape index (κ3) is 10.8. The number of rotatable bonds is 13. The topological polar surface area (TPSA) is 17.1 Å². The summed E-state index contributed by atoms with van der Waals surface area (Å²) < 4.78 is 0. The van der Waals surface area contributed by atoms with Crippen molar-refractivity contribution in [2.75, 3.05) is 0 Å². The molecule has 1 unspecified atom stereocenters. The van der Waals surface area contributed by atoms with Crippen LogP contribution in [0.1, 0.15) is 91.4 Å².